The van der Waals surface area contributed by atoms with Crippen LogP contribution in [-0.4, -0.2) is 134 Å². The Morgan fingerprint density at radius 2 is 1.59 bits per heavy atom. The quantitative estimate of drug-likeness (QED) is 0.0301. The number of phosphoric ester groups is 1. The van der Waals surface area contributed by atoms with Gasteiger partial charge >= 0.3 is 19.8 Å². The van der Waals surface area contributed by atoms with Gasteiger partial charge < -0.3 is 43.3 Å². The van der Waals surface area contributed by atoms with Gasteiger partial charge in [-0.3, -0.25) is 33.2 Å². The Kier molecular flexibility index (Phi) is 22.6. The molecule has 2 aromatic heterocycles. The van der Waals surface area contributed by atoms with Crippen molar-refractivity contribution in [1.82, 2.24) is 20.0 Å². The molecule has 0 saturated carbocycles. The third-order valence-electron chi connectivity index (χ3n) is 8.10. The van der Waals surface area contributed by atoms with Crippen LogP contribution in [0.5, 0.6) is 0 Å². The van der Waals surface area contributed by atoms with Crippen molar-refractivity contribution in [2.45, 2.75) is 51.4 Å². The van der Waals surface area contributed by atoms with E-state index in [4.69, 9.17) is 23.5 Å². The molecule has 0 aliphatic carbocycles. The average molecular weight is 850 g/mol. The summed E-state index contributed by atoms with van der Waals surface area (Å²) in [5.41, 5.74) is 4.53. The number of aromatic nitrogens is 4. The van der Waals surface area contributed by atoms with E-state index in [2.05, 4.69) is 34.2 Å². The molecule has 59 heavy (non-hydrogen) atoms. The number of phosphoric acid groups is 1. The van der Waals surface area contributed by atoms with Crippen LogP contribution >= 0.6 is 7.82 Å². The summed E-state index contributed by atoms with van der Waals surface area (Å²) in [6.45, 7) is 2.07. The van der Waals surface area contributed by atoms with Crippen molar-refractivity contribution in [1.29, 1.82) is 0 Å². The van der Waals surface area contributed by atoms with Gasteiger partial charge in [-0.15, -0.1) is 5.10 Å². The number of ether oxygens (including phenoxy) is 6. The molecule has 0 aliphatic rings. The van der Waals surface area contributed by atoms with E-state index in [0.717, 1.165) is 22.5 Å². The fraction of sp³-hybridized carbons (Fsp3) is 0.500. The Hall–Kier alpha value is -5.08. The number of aryl methyl sites for hydroxylation is 1. The van der Waals surface area contributed by atoms with E-state index in [1.165, 1.54) is 4.68 Å². The molecule has 0 fully saturated rings. The van der Waals surface area contributed by atoms with E-state index in [0.29, 0.717) is 25.3 Å². The van der Waals surface area contributed by atoms with Crippen molar-refractivity contribution < 1.29 is 71.2 Å². The number of aliphatic hydroxyl groups is 1. The first-order valence-electron chi connectivity index (χ1n) is 18.7. The molecule has 0 amide bonds. The molecular weight excluding hydrogens is 797 g/mol. The second-order valence-electron chi connectivity index (χ2n) is 12.8. The Morgan fingerprint density at radius 3 is 2.31 bits per heavy atom. The van der Waals surface area contributed by atoms with E-state index < -0.39 is 38.5 Å². The summed E-state index contributed by atoms with van der Waals surface area (Å²) in [6, 6.07) is 11.7. The largest absolute Gasteiger partial charge is 0.472 e. The summed E-state index contributed by atoms with van der Waals surface area (Å²) < 4.78 is 53.3. The number of aliphatic hydroxyl groups excluding tert-OH is 1. The standard InChI is InChI=1S/C38H52N5O15P/c1-30-7-8-32(21-39-30)10-9-31-11-13-34(14-12-31)42(2)15-18-52-25-35(23-44)43-22-33(40-41-43)24-55-38(48)5-3-16-51-19-20-54-37(47)6-4-17-57-59(49,50)58-27-36(56-29-46)26-53-28-45/h7-14,21-22,28-29,35-36,44H,3-6,15-20,23-27H2,1-2H3,(H,49,50)/b10-9+. The summed E-state index contributed by atoms with van der Waals surface area (Å²) in [6.07, 6.45) is 6.77. The lowest BCUT2D eigenvalue weighted by Gasteiger charge is -2.20. The van der Waals surface area contributed by atoms with E-state index in [9.17, 15) is 33.7 Å². The topological polar surface area (TPSA) is 246 Å². The van der Waals surface area contributed by atoms with Crippen molar-refractivity contribution in [3.63, 3.8) is 0 Å². The summed E-state index contributed by atoms with van der Waals surface area (Å²) in [5.74, 6) is -1.05. The number of carbonyl (C=O) groups excluding carboxylic acids is 4. The SMILES string of the molecule is Cc1ccc(/C=C/c2ccc(N(C)CCOCC(CO)n3cc(COC(=O)CCCOCCOC(=O)CCCOP(=O)(O)OCC(COC=O)OC=O)nn3)cc2)cn1. The predicted molar refractivity (Wildman–Crippen MR) is 209 cm³/mol. The molecule has 3 rings (SSSR count). The fourth-order valence-electron chi connectivity index (χ4n) is 4.83. The number of hydrogen-bond donors (Lipinski definition) is 2. The molecular formula is C38H52N5O15P. The van der Waals surface area contributed by atoms with Crippen LogP contribution < -0.4 is 4.90 Å². The molecule has 21 heteroatoms. The van der Waals surface area contributed by atoms with Crippen molar-refractivity contribution in [2.24, 2.45) is 0 Å². The summed E-state index contributed by atoms with van der Waals surface area (Å²) in [5, 5.41) is 18.0. The van der Waals surface area contributed by atoms with Crippen LogP contribution in [-0.2, 0) is 67.8 Å². The molecule has 1 aromatic carbocycles. The van der Waals surface area contributed by atoms with Crippen LogP contribution in [0.15, 0.2) is 48.8 Å². The molecule has 20 nitrogen and oxygen atoms in total. The van der Waals surface area contributed by atoms with Crippen LogP contribution in [0.3, 0.4) is 0 Å². The minimum Gasteiger partial charge on any atom is -0.464 e. The molecule has 2 N–H and O–H groups in total. The van der Waals surface area contributed by atoms with Gasteiger partial charge in [-0.2, -0.15) is 0 Å². The van der Waals surface area contributed by atoms with Crippen LogP contribution in [0.1, 0.15) is 54.2 Å². The average Bonchev–Trinajstić information content (AvgIpc) is 3.71. The van der Waals surface area contributed by atoms with Gasteiger partial charge in [0.2, 0.25) is 0 Å². The zero-order chi connectivity index (χ0) is 42.7. The van der Waals surface area contributed by atoms with Gasteiger partial charge in [0.1, 0.15) is 25.5 Å². The van der Waals surface area contributed by atoms with E-state index in [1.54, 1.807) is 6.20 Å². The highest BCUT2D eigenvalue weighted by molar-refractivity contribution is 7.47. The van der Waals surface area contributed by atoms with Gasteiger partial charge in [0.05, 0.1) is 51.9 Å². The lowest BCUT2D eigenvalue weighted by molar-refractivity contribution is -0.145. The normalized spacial score (nSPS) is 13.3. The number of nitrogens with zero attached hydrogens (tertiary/aromatic N) is 5. The molecule has 3 unspecified atom stereocenters. The number of esters is 2. The third kappa shape index (κ3) is 20.4. The maximum Gasteiger partial charge on any atom is 0.472 e. The Morgan fingerprint density at radius 1 is 0.864 bits per heavy atom. The summed E-state index contributed by atoms with van der Waals surface area (Å²) >= 11 is 0. The van der Waals surface area contributed by atoms with Crippen LogP contribution in [0, 0.1) is 6.92 Å². The number of likely N-dealkylation sites (N-methyl/N-ethyl adjacent to an activating group) is 1. The van der Waals surface area contributed by atoms with E-state index >= 15 is 0 Å². The minimum atomic E-state index is -4.52. The first kappa shape index (κ1) is 48.3. The highest BCUT2D eigenvalue weighted by atomic mass is 31.2. The third-order valence-corrected chi connectivity index (χ3v) is 9.09. The number of rotatable bonds is 32. The molecule has 0 spiro atoms. The lowest BCUT2D eigenvalue weighted by atomic mass is 10.1. The molecule has 3 aromatic rings. The lowest BCUT2D eigenvalue weighted by Crippen LogP contribution is -2.25. The van der Waals surface area contributed by atoms with Gasteiger partial charge in [-0.1, -0.05) is 35.6 Å². The highest BCUT2D eigenvalue weighted by Crippen LogP contribution is 2.43. The van der Waals surface area contributed by atoms with Crippen molar-refractivity contribution in [3.8, 4) is 0 Å². The Labute approximate surface area is 341 Å². The molecule has 0 saturated heterocycles. The first-order chi connectivity index (χ1) is 28.5. The Bertz CT molecular complexity index is 1760. The smallest absolute Gasteiger partial charge is 0.464 e. The minimum absolute atomic E-state index is 0.0412. The van der Waals surface area contributed by atoms with Crippen molar-refractivity contribution >= 4 is 50.5 Å². The first-order valence-corrected chi connectivity index (χ1v) is 20.2. The number of anilines is 1. The van der Waals surface area contributed by atoms with Gasteiger partial charge in [-0.05, 0) is 49.1 Å². The number of hydrogen-bond acceptors (Lipinski definition) is 18. The van der Waals surface area contributed by atoms with Crippen LogP contribution in [0.25, 0.3) is 12.2 Å². The molecule has 324 valence electrons. The number of pyridine rings is 1. The monoisotopic (exact) mass is 849 g/mol. The van der Waals surface area contributed by atoms with Gasteiger partial charge in [0.15, 0.2) is 6.10 Å². The molecule has 0 aliphatic heterocycles. The van der Waals surface area contributed by atoms with Crippen molar-refractivity contribution in [3.05, 3.63) is 71.3 Å². The maximum atomic E-state index is 12.2. The van der Waals surface area contributed by atoms with Crippen LogP contribution in [0.2, 0.25) is 0 Å². The molecule has 2 heterocycles. The number of benzene rings is 1. The van der Waals surface area contributed by atoms with Gasteiger partial charge in [0, 0.05) is 50.6 Å². The molecule has 3 atom stereocenters. The van der Waals surface area contributed by atoms with Crippen LogP contribution in [0.4, 0.5) is 5.69 Å². The second-order valence-corrected chi connectivity index (χ2v) is 14.2. The van der Waals surface area contributed by atoms with Gasteiger partial charge in [0.25, 0.3) is 12.9 Å². The summed E-state index contributed by atoms with van der Waals surface area (Å²) in [4.78, 5) is 60.8. The zero-order valence-corrected chi connectivity index (χ0v) is 34.0. The maximum absolute atomic E-state index is 12.2. The fourth-order valence-corrected chi connectivity index (χ4v) is 5.62. The predicted octanol–water partition coefficient (Wildman–Crippen LogP) is 2.85. The van der Waals surface area contributed by atoms with Gasteiger partial charge in [-0.25, -0.2) is 9.25 Å². The van der Waals surface area contributed by atoms with E-state index in [-0.39, 0.29) is 85.1 Å². The molecule has 0 bridgehead atoms. The van der Waals surface area contributed by atoms with Crippen molar-refractivity contribution in [2.75, 3.05) is 78.0 Å². The highest BCUT2D eigenvalue weighted by Gasteiger charge is 2.24. The Balaban J connectivity index is 1.20. The van der Waals surface area contributed by atoms with E-state index in [1.807, 2.05) is 68.7 Å². The molecule has 0 radical (unpaired) electrons. The zero-order valence-electron chi connectivity index (χ0n) is 33.1. The summed E-state index contributed by atoms with van der Waals surface area (Å²) in [7, 11) is -2.54. The number of carbonyl (C=O) groups is 4. The second kappa shape index (κ2) is 27.6.